The average molecular weight is 697 g/mol. The summed E-state index contributed by atoms with van der Waals surface area (Å²) in [6, 6.07) is 4.22. The summed E-state index contributed by atoms with van der Waals surface area (Å²) >= 11 is 0.885. The van der Waals surface area contributed by atoms with E-state index >= 15 is 0 Å². The van der Waals surface area contributed by atoms with E-state index in [1.165, 1.54) is 16.4 Å². The van der Waals surface area contributed by atoms with Gasteiger partial charge >= 0.3 is 6.18 Å². The lowest BCUT2D eigenvalue weighted by Gasteiger charge is -2.36. The zero-order chi connectivity index (χ0) is 33.3. The predicted molar refractivity (Wildman–Crippen MR) is 173 cm³/mol. The first-order valence-corrected chi connectivity index (χ1v) is 19.4. The van der Waals surface area contributed by atoms with E-state index in [1.807, 2.05) is 9.58 Å². The highest BCUT2D eigenvalue weighted by atomic mass is 32.2. The molecular formula is C32H43F3N6O4S2. The van der Waals surface area contributed by atoms with Gasteiger partial charge in [-0.1, -0.05) is 6.07 Å². The van der Waals surface area contributed by atoms with Crippen LogP contribution in [0.1, 0.15) is 61.8 Å². The summed E-state index contributed by atoms with van der Waals surface area (Å²) < 4.78 is 70.4. The Morgan fingerprint density at radius 2 is 1.74 bits per heavy atom. The monoisotopic (exact) mass is 696 g/mol. The fourth-order valence-electron chi connectivity index (χ4n) is 7.34. The number of piperidine rings is 1. The second kappa shape index (κ2) is 14.1. The topological polar surface area (TPSA) is 99.1 Å². The summed E-state index contributed by atoms with van der Waals surface area (Å²) in [5, 5.41) is 4.89. The molecule has 0 radical (unpaired) electrons. The van der Waals surface area contributed by atoms with Gasteiger partial charge in [0.1, 0.15) is 0 Å². The fourth-order valence-corrected chi connectivity index (χ4v) is 9.14. The number of nitrogens with zero attached hydrogens (tertiary/aromatic N) is 6. The minimum Gasteiger partial charge on any atom is -0.342 e. The summed E-state index contributed by atoms with van der Waals surface area (Å²) in [5.74, 6) is 0.00343. The van der Waals surface area contributed by atoms with Gasteiger partial charge in [-0.3, -0.25) is 14.3 Å². The first kappa shape index (κ1) is 34.3. The molecule has 2 amide bonds. The Bertz CT molecular complexity index is 1580. The van der Waals surface area contributed by atoms with E-state index in [0.29, 0.717) is 61.9 Å². The number of benzene rings is 1. The van der Waals surface area contributed by atoms with Gasteiger partial charge in [0.05, 0.1) is 23.3 Å². The van der Waals surface area contributed by atoms with Crippen molar-refractivity contribution in [3.63, 3.8) is 0 Å². The molecule has 3 fully saturated rings. The maximum atomic E-state index is 14.1. The van der Waals surface area contributed by atoms with Crippen molar-refractivity contribution in [1.82, 2.24) is 28.8 Å². The number of thioether (sulfide) groups is 1. The van der Waals surface area contributed by atoms with Crippen LogP contribution in [-0.2, 0) is 45.3 Å². The standard InChI is InChI=1S/C32H43F3N6O4S2/c1-47(44,45)39-19-11-27-25(21-39)31(36-41(27)16-5-12-37-17-9-24(10-18-37)40-15-4-6-29(40)42)23-7-8-26(32(33,34)35)28(20-23)46-22-30(43)38-13-2-3-14-38/h7-8,20,24H,2-6,9-19,21-22H2,1H3. The first-order valence-electron chi connectivity index (χ1n) is 16.6. The Morgan fingerprint density at radius 3 is 2.40 bits per heavy atom. The SMILES string of the molecule is CS(=O)(=O)N1CCc2c(c(-c3ccc(C(F)(F)F)c(SCC(=O)N4CCCC4)c3)nn2CCCN2CCC(N3CCCC3=O)CC2)C1. The van der Waals surface area contributed by atoms with Crippen molar-refractivity contribution in [3.05, 3.63) is 35.0 Å². The number of sulfonamides is 1. The zero-order valence-electron chi connectivity index (χ0n) is 26.8. The number of rotatable bonds is 10. The number of carbonyl (C=O) groups excluding carboxylic acids is 2. The molecule has 0 aliphatic carbocycles. The van der Waals surface area contributed by atoms with Gasteiger partial charge in [-0.05, 0) is 57.2 Å². The van der Waals surface area contributed by atoms with Crippen molar-refractivity contribution >= 4 is 33.6 Å². The number of hydrogen-bond acceptors (Lipinski definition) is 7. The van der Waals surface area contributed by atoms with Gasteiger partial charge in [0.2, 0.25) is 21.8 Å². The fraction of sp³-hybridized carbons (Fsp3) is 0.656. The lowest BCUT2D eigenvalue weighted by Crippen LogP contribution is -2.45. The maximum absolute atomic E-state index is 14.1. The number of halogens is 3. The van der Waals surface area contributed by atoms with Crippen LogP contribution in [0.15, 0.2) is 23.1 Å². The molecule has 15 heteroatoms. The Balaban J connectivity index is 1.20. The molecule has 0 bridgehead atoms. The number of fused-ring (bicyclic) bond motifs is 1. The van der Waals surface area contributed by atoms with Crippen molar-refractivity contribution in [2.75, 3.05) is 57.8 Å². The molecule has 6 rings (SSSR count). The molecule has 4 aliphatic rings. The second-order valence-corrected chi connectivity index (χ2v) is 16.0. The third-order valence-electron chi connectivity index (χ3n) is 9.89. The molecule has 2 aromatic rings. The third kappa shape index (κ3) is 7.83. The van der Waals surface area contributed by atoms with E-state index in [0.717, 1.165) is 94.5 Å². The minimum atomic E-state index is -4.60. The number of aryl methyl sites for hydroxylation is 1. The first-order chi connectivity index (χ1) is 22.4. The lowest BCUT2D eigenvalue weighted by atomic mass is 10.0. The molecule has 0 atom stereocenters. The third-order valence-corrected chi connectivity index (χ3v) is 12.2. The molecule has 258 valence electrons. The summed E-state index contributed by atoms with van der Waals surface area (Å²) in [5.41, 5.74) is 1.76. The molecule has 1 aromatic carbocycles. The summed E-state index contributed by atoms with van der Waals surface area (Å²) in [6.07, 6.45) is 3.16. The molecule has 0 unspecified atom stereocenters. The minimum absolute atomic E-state index is 0.0411. The molecule has 5 heterocycles. The van der Waals surface area contributed by atoms with Gasteiger partial charge in [0.15, 0.2) is 0 Å². The Labute approximate surface area is 278 Å². The molecule has 4 aliphatic heterocycles. The van der Waals surface area contributed by atoms with Gasteiger partial charge in [0.25, 0.3) is 0 Å². The quantitative estimate of drug-likeness (QED) is 0.346. The Kier molecular flexibility index (Phi) is 10.3. The summed E-state index contributed by atoms with van der Waals surface area (Å²) in [4.78, 5) is 31.0. The van der Waals surface area contributed by atoms with Crippen molar-refractivity contribution in [2.24, 2.45) is 0 Å². The summed E-state index contributed by atoms with van der Waals surface area (Å²) in [7, 11) is -3.49. The van der Waals surface area contributed by atoms with Gasteiger partial charge in [-0.15, -0.1) is 11.8 Å². The molecular weight excluding hydrogens is 654 g/mol. The highest BCUT2D eigenvalue weighted by Crippen LogP contribution is 2.40. The summed E-state index contributed by atoms with van der Waals surface area (Å²) in [6.45, 7) is 5.83. The van der Waals surface area contributed by atoms with Gasteiger partial charge in [0, 0.05) is 93.0 Å². The van der Waals surface area contributed by atoms with Gasteiger partial charge in [-0.2, -0.15) is 22.6 Å². The van der Waals surface area contributed by atoms with Crippen LogP contribution in [0.3, 0.4) is 0 Å². The van der Waals surface area contributed by atoms with Crippen molar-refractivity contribution in [1.29, 1.82) is 0 Å². The van der Waals surface area contributed by atoms with E-state index in [9.17, 15) is 31.2 Å². The zero-order valence-corrected chi connectivity index (χ0v) is 28.4. The molecule has 3 saturated heterocycles. The number of aromatic nitrogens is 2. The number of hydrogen-bond donors (Lipinski definition) is 0. The van der Waals surface area contributed by atoms with E-state index in [1.54, 1.807) is 4.90 Å². The average Bonchev–Trinajstić information content (AvgIpc) is 3.80. The molecule has 1 aromatic heterocycles. The van der Waals surface area contributed by atoms with Crippen LogP contribution in [0, 0.1) is 0 Å². The van der Waals surface area contributed by atoms with Crippen LogP contribution in [-0.4, -0.2) is 113 Å². The van der Waals surface area contributed by atoms with Crippen LogP contribution in [0.4, 0.5) is 13.2 Å². The van der Waals surface area contributed by atoms with Crippen LogP contribution in [0.2, 0.25) is 0 Å². The maximum Gasteiger partial charge on any atom is 0.417 e. The number of alkyl halides is 3. The molecule has 0 spiro atoms. The normalized spacial score (nSPS) is 20.4. The van der Waals surface area contributed by atoms with Crippen LogP contribution < -0.4 is 0 Å². The largest absolute Gasteiger partial charge is 0.417 e. The number of likely N-dealkylation sites (tertiary alicyclic amines) is 3. The highest BCUT2D eigenvalue weighted by molar-refractivity contribution is 8.00. The second-order valence-electron chi connectivity index (χ2n) is 13.0. The molecule has 10 nitrogen and oxygen atoms in total. The molecule has 0 N–H and O–H groups in total. The van der Waals surface area contributed by atoms with E-state index in [2.05, 4.69) is 4.90 Å². The highest BCUT2D eigenvalue weighted by Gasteiger charge is 2.36. The van der Waals surface area contributed by atoms with Gasteiger partial charge < -0.3 is 14.7 Å². The van der Waals surface area contributed by atoms with Crippen LogP contribution in [0.5, 0.6) is 0 Å². The number of amides is 2. The molecule has 0 saturated carbocycles. The van der Waals surface area contributed by atoms with Gasteiger partial charge in [-0.25, -0.2) is 8.42 Å². The van der Waals surface area contributed by atoms with E-state index in [4.69, 9.17) is 5.10 Å². The smallest absolute Gasteiger partial charge is 0.342 e. The lowest BCUT2D eigenvalue weighted by molar-refractivity contribution is -0.139. The predicted octanol–water partition coefficient (Wildman–Crippen LogP) is 4.08. The Morgan fingerprint density at radius 1 is 1.00 bits per heavy atom. The van der Waals surface area contributed by atoms with E-state index < -0.39 is 21.8 Å². The van der Waals surface area contributed by atoms with Crippen LogP contribution in [0.25, 0.3) is 11.3 Å². The van der Waals surface area contributed by atoms with Crippen LogP contribution >= 0.6 is 11.8 Å². The van der Waals surface area contributed by atoms with Crippen molar-refractivity contribution in [3.8, 4) is 11.3 Å². The van der Waals surface area contributed by atoms with Crippen molar-refractivity contribution < 1.29 is 31.2 Å². The number of carbonyl (C=O) groups is 2. The van der Waals surface area contributed by atoms with Crippen molar-refractivity contribution in [2.45, 2.75) is 81.6 Å². The van der Waals surface area contributed by atoms with E-state index in [-0.39, 0.29) is 29.0 Å². The molecule has 47 heavy (non-hydrogen) atoms. The Hall–Kier alpha value is -2.62.